The number of rotatable bonds is 5. The zero-order chi connectivity index (χ0) is 10.6. The van der Waals surface area contributed by atoms with Gasteiger partial charge in [0.05, 0.1) is 13.2 Å². The summed E-state index contributed by atoms with van der Waals surface area (Å²) in [4.78, 5) is 2.01. The Bertz CT molecular complexity index is 281. The van der Waals surface area contributed by atoms with Gasteiger partial charge in [0.2, 0.25) is 0 Å². The Morgan fingerprint density at radius 3 is 2.79 bits per heavy atom. The second-order valence-corrected chi connectivity index (χ2v) is 4.31. The van der Waals surface area contributed by atoms with Crippen molar-refractivity contribution in [1.82, 2.24) is 0 Å². The second kappa shape index (κ2) is 5.34. The summed E-state index contributed by atoms with van der Waals surface area (Å²) in [6.45, 7) is 1.92. The molecule has 0 aliphatic carbocycles. The molecule has 4 heteroatoms. The van der Waals surface area contributed by atoms with Crippen LogP contribution in [0.3, 0.4) is 0 Å². The van der Waals surface area contributed by atoms with Crippen molar-refractivity contribution in [2.24, 2.45) is 0 Å². The first-order chi connectivity index (χ1) is 6.69. The number of aliphatic hydroxyl groups excluding tert-OH is 2. The Hall–Kier alpha value is -0.580. The number of methoxy groups -OCH3 is 1. The van der Waals surface area contributed by atoms with E-state index < -0.39 is 6.10 Å². The maximum absolute atomic E-state index is 9.39. The first kappa shape index (κ1) is 11.5. The summed E-state index contributed by atoms with van der Waals surface area (Å²) >= 11 is 1.55. The van der Waals surface area contributed by atoms with Gasteiger partial charge in [-0.05, 0) is 25.8 Å². The first-order valence-corrected chi connectivity index (χ1v) is 5.46. The van der Waals surface area contributed by atoms with Crippen LogP contribution < -0.4 is 4.74 Å². The molecule has 0 aliphatic heterocycles. The molecule has 0 saturated carbocycles. The van der Waals surface area contributed by atoms with E-state index >= 15 is 0 Å². The lowest BCUT2D eigenvalue weighted by molar-refractivity contribution is 0.203. The fraction of sp³-hybridized carbons (Fsp3) is 0.600. The maximum Gasteiger partial charge on any atom is 0.133 e. The third-order valence-corrected chi connectivity index (χ3v) is 3.33. The van der Waals surface area contributed by atoms with Crippen LogP contribution in [0.25, 0.3) is 0 Å². The predicted octanol–water partition coefficient (Wildman–Crippen LogP) is 1.73. The number of aliphatic hydroxyl groups is 2. The van der Waals surface area contributed by atoms with Crippen molar-refractivity contribution >= 4 is 11.3 Å². The molecule has 3 nitrogen and oxygen atoms in total. The summed E-state index contributed by atoms with van der Waals surface area (Å²) in [7, 11) is 1.62. The summed E-state index contributed by atoms with van der Waals surface area (Å²) < 4.78 is 5.19. The number of hydrogen-bond donors (Lipinski definition) is 2. The number of hydrogen-bond acceptors (Lipinski definition) is 4. The van der Waals surface area contributed by atoms with Crippen LogP contribution in [0.2, 0.25) is 0 Å². The van der Waals surface area contributed by atoms with Crippen molar-refractivity contribution in [3.8, 4) is 5.75 Å². The number of aryl methyl sites for hydroxylation is 1. The Kier molecular flexibility index (Phi) is 4.38. The third-order valence-electron chi connectivity index (χ3n) is 1.98. The van der Waals surface area contributed by atoms with Gasteiger partial charge in [-0.2, -0.15) is 0 Å². The van der Waals surface area contributed by atoms with Crippen molar-refractivity contribution in [2.75, 3.05) is 13.7 Å². The molecule has 0 amide bonds. The zero-order valence-corrected chi connectivity index (χ0v) is 9.30. The van der Waals surface area contributed by atoms with Crippen molar-refractivity contribution in [3.63, 3.8) is 0 Å². The van der Waals surface area contributed by atoms with Crippen molar-refractivity contribution < 1.29 is 14.9 Å². The van der Waals surface area contributed by atoms with Crippen LogP contribution in [0.4, 0.5) is 0 Å². The topological polar surface area (TPSA) is 49.7 Å². The molecule has 0 aliphatic rings. The van der Waals surface area contributed by atoms with Crippen LogP contribution in [0, 0.1) is 0 Å². The van der Waals surface area contributed by atoms with Gasteiger partial charge in [0.1, 0.15) is 5.75 Å². The smallest absolute Gasteiger partial charge is 0.133 e. The molecule has 1 rings (SSSR count). The van der Waals surface area contributed by atoms with Gasteiger partial charge in [-0.25, -0.2) is 0 Å². The largest absolute Gasteiger partial charge is 0.496 e. The average molecular weight is 216 g/mol. The van der Waals surface area contributed by atoms with E-state index in [1.807, 2.05) is 6.07 Å². The van der Waals surface area contributed by atoms with E-state index in [0.29, 0.717) is 0 Å². The van der Waals surface area contributed by atoms with Crippen molar-refractivity contribution in [3.05, 3.63) is 15.8 Å². The molecule has 14 heavy (non-hydrogen) atoms. The van der Waals surface area contributed by atoms with Gasteiger partial charge in [0, 0.05) is 16.4 Å². The first-order valence-electron chi connectivity index (χ1n) is 4.64. The van der Waals surface area contributed by atoms with Crippen molar-refractivity contribution in [1.29, 1.82) is 0 Å². The van der Waals surface area contributed by atoms with Crippen LogP contribution >= 0.6 is 11.3 Å². The highest BCUT2D eigenvalue weighted by atomic mass is 32.1. The minimum absolute atomic E-state index is 0.186. The standard InChI is InChI=1S/C10H16O3S/c1-7(12)10-6-8(13-2)9(14-10)4-3-5-11/h6-7,11-12H,3-5H2,1-2H3. The second-order valence-electron chi connectivity index (χ2n) is 3.14. The molecule has 2 N–H and O–H groups in total. The average Bonchev–Trinajstić information content (AvgIpc) is 2.57. The molecule has 0 spiro atoms. The number of ether oxygens (including phenoxy) is 1. The summed E-state index contributed by atoms with van der Waals surface area (Å²) in [6, 6.07) is 1.86. The van der Waals surface area contributed by atoms with Crippen LogP contribution in [0.15, 0.2) is 6.07 Å². The van der Waals surface area contributed by atoms with E-state index in [2.05, 4.69) is 0 Å². The molecular weight excluding hydrogens is 200 g/mol. The van der Waals surface area contributed by atoms with Gasteiger partial charge >= 0.3 is 0 Å². The fourth-order valence-electron chi connectivity index (χ4n) is 1.22. The SMILES string of the molecule is COc1cc(C(C)O)sc1CCCO. The molecule has 1 atom stereocenters. The Morgan fingerprint density at radius 2 is 2.29 bits per heavy atom. The lowest BCUT2D eigenvalue weighted by atomic mass is 10.2. The summed E-state index contributed by atoms with van der Waals surface area (Å²) in [6.07, 6.45) is 1.09. The minimum atomic E-state index is -0.447. The fourth-order valence-corrected chi connectivity index (χ4v) is 2.33. The molecular formula is C10H16O3S. The molecule has 0 fully saturated rings. The molecule has 80 valence electrons. The van der Waals surface area contributed by atoms with Crippen LogP contribution in [-0.4, -0.2) is 23.9 Å². The highest BCUT2D eigenvalue weighted by molar-refractivity contribution is 7.12. The molecule has 1 aromatic rings. The van der Waals surface area contributed by atoms with E-state index in [0.717, 1.165) is 28.3 Å². The van der Waals surface area contributed by atoms with Crippen molar-refractivity contribution in [2.45, 2.75) is 25.9 Å². The van der Waals surface area contributed by atoms with Gasteiger partial charge in [-0.15, -0.1) is 11.3 Å². The molecule has 1 unspecified atom stereocenters. The lowest BCUT2D eigenvalue weighted by Gasteiger charge is -1.99. The summed E-state index contributed by atoms with van der Waals surface area (Å²) in [5, 5.41) is 18.1. The van der Waals surface area contributed by atoms with Crippen LogP contribution in [-0.2, 0) is 6.42 Å². The molecule has 0 radical (unpaired) electrons. The lowest BCUT2D eigenvalue weighted by Crippen LogP contribution is -1.89. The van der Waals surface area contributed by atoms with Gasteiger partial charge in [0.25, 0.3) is 0 Å². The molecule has 0 bridgehead atoms. The third kappa shape index (κ3) is 2.70. The molecule has 1 heterocycles. The van der Waals surface area contributed by atoms with Crippen LogP contribution in [0.5, 0.6) is 5.75 Å². The quantitative estimate of drug-likeness (QED) is 0.788. The maximum atomic E-state index is 9.39. The predicted molar refractivity (Wildman–Crippen MR) is 56.9 cm³/mol. The normalized spacial score (nSPS) is 12.9. The zero-order valence-electron chi connectivity index (χ0n) is 8.49. The van der Waals surface area contributed by atoms with Gasteiger partial charge < -0.3 is 14.9 Å². The highest BCUT2D eigenvalue weighted by Gasteiger charge is 2.12. The van der Waals surface area contributed by atoms with E-state index in [4.69, 9.17) is 9.84 Å². The molecule has 0 saturated heterocycles. The van der Waals surface area contributed by atoms with Gasteiger partial charge in [-0.3, -0.25) is 0 Å². The van der Waals surface area contributed by atoms with Crippen LogP contribution in [0.1, 0.15) is 29.2 Å². The Balaban J connectivity index is 2.79. The number of thiophene rings is 1. The van der Waals surface area contributed by atoms with E-state index in [1.165, 1.54) is 0 Å². The minimum Gasteiger partial charge on any atom is -0.496 e. The summed E-state index contributed by atoms with van der Waals surface area (Å²) in [5.74, 6) is 0.819. The van der Waals surface area contributed by atoms with E-state index in [9.17, 15) is 5.11 Å². The highest BCUT2D eigenvalue weighted by Crippen LogP contribution is 2.33. The molecule has 1 aromatic heterocycles. The van der Waals surface area contributed by atoms with Gasteiger partial charge in [-0.1, -0.05) is 0 Å². The Labute approximate surface area is 88.0 Å². The van der Waals surface area contributed by atoms with E-state index in [-0.39, 0.29) is 6.61 Å². The Morgan fingerprint density at radius 1 is 1.57 bits per heavy atom. The van der Waals surface area contributed by atoms with E-state index in [1.54, 1.807) is 25.4 Å². The summed E-state index contributed by atoms with van der Waals surface area (Å²) in [5.41, 5.74) is 0. The van der Waals surface area contributed by atoms with Gasteiger partial charge in [0.15, 0.2) is 0 Å². The monoisotopic (exact) mass is 216 g/mol. The molecule has 0 aromatic carbocycles.